The zero-order chi connectivity index (χ0) is 13.1. The first-order valence-corrected chi connectivity index (χ1v) is 6.83. The highest BCUT2D eigenvalue weighted by molar-refractivity contribution is 7.80. The average molecular weight is 264 g/mol. The lowest BCUT2D eigenvalue weighted by Crippen LogP contribution is -2.32. The summed E-state index contributed by atoms with van der Waals surface area (Å²) in [7, 11) is 2.05. The van der Waals surface area contributed by atoms with Gasteiger partial charge in [-0.1, -0.05) is 19.1 Å². The molecule has 0 bridgehead atoms. The Balaban J connectivity index is 2.20. The number of thiocarbonyl (C=S) groups is 1. The second-order valence-electron chi connectivity index (χ2n) is 5.01. The van der Waals surface area contributed by atoms with E-state index in [0.717, 1.165) is 25.2 Å². The van der Waals surface area contributed by atoms with Crippen LogP contribution < -0.4 is 10.6 Å². The van der Waals surface area contributed by atoms with Crippen LogP contribution in [0.1, 0.15) is 31.0 Å². The van der Waals surface area contributed by atoms with E-state index in [0.29, 0.717) is 4.99 Å². The largest absolute Gasteiger partial charge is 0.393 e. The number of aryl methyl sites for hydroxylation is 1. The van der Waals surface area contributed by atoms with Gasteiger partial charge in [-0.3, -0.25) is 0 Å². The van der Waals surface area contributed by atoms with Crippen molar-refractivity contribution in [3.8, 4) is 0 Å². The third-order valence-corrected chi connectivity index (χ3v) is 3.90. The van der Waals surface area contributed by atoms with E-state index in [2.05, 4.69) is 14.9 Å². The summed E-state index contributed by atoms with van der Waals surface area (Å²) in [5.74, 6) is 1.24. The summed E-state index contributed by atoms with van der Waals surface area (Å²) in [6.07, 6.45) is 6.28. The molecule has 1 heterocycles. The maximum Gasteiger partial charge on any atom is 0.135 e. The molecule has 4 nitrogen and oxygen atoms in total. The highest BCUT2D eigenvalue weighted by atomic mass is 32.1. The Bertz CT molecular complexity index is 447. The van der Waals surface area contributed by atoms with E-state index in [9.17, 15) is 0 Å². The number of hydrogen-bond acceptors (Lipinski definition) is 4. The molecule has 1 aliphatic rings. The minimum Gasteiger partial charge on any atom is -0.393 e. The number of anilines is 1. The summed E-state index contributed by atoms with van der Waals surface area (Å²) in [5.41, 5.74) is 8.19. The lowest BCUT2D eigenvalue weighted by molar-refractivity contribution is 0.652. The van der Waals surface area contributed by atoms with Crippen molar-refractivity contribution in [2.45, 2.75) is 32.6 Å². The van der Waals surface area contributed by atoms with Gasteiger partial charge in [-0.2, -0.15) is 0 Å². The molecule has 0 aromatic carbocycles. The predicted molar refractivity (Wildman–Crippen MR) is 77.9 cm³/mol. The number of fused-ring (bicyclic) bond motifs is 1. The zero-order valence-corrected chi connectivity index (χ0v) is 11.8. The highest BCUT2D eigenvalue weighted by Gasteiger charge is 2.19. The smallest absolute Gasteiger partial charge is 0.135 e. The Morgan fingerprint density at radius 3 is 2.89 bits per heavy atom. The Labute approximate surface area is 114 Å². The quantitative estimate of drug-likeness (QED) is 0.839. The summed E-state index contributed by atoms with van der Waals surface area (Å²) in [5, 5.41) is 0. The predicted octanol–water partition coefficient (Wildman–Crippen LogP) is 1.71. The van der Waals surface area contributed by atoms with Gasteiger partial charge in [-0.15, -0.1) is 0 Å². The molecule has 2 rings (SSSR count). The first-order chi connectivity index (χ1) is 8.59. The molecule has 0 amide bonds. The van der Waals surface area contributed by atoms with Crippen molar-refractivity contribution >= 4 is 23.0 Å². The van der Waals surface area contributed by atoms with Gasteiger partial charge in [0.15, 0.2) is 0 Å². The maximum atomic E-state index is 5.67. The van der Waals surface area contributed by atoms with Crippen molar-refractivity contribution in [2.75, 3.05) is 18.5 Å². The average Bonchev–Trinajstić information content (AvgIpc) is 2.37. The van der Waals surface area contributed by atoms with Crippen LogP contribution in [-0.4, -0.2) is 28.5 Å². The zero-order valence-electron chi connectivity index (χ0n) is 11.0. The van der Waals surface area contributed by atoms with Gasteiger partial charge in [-0.25, -0.2) is 9.97 Å². The van der Waals surface area contributed by atoms with Crippen LogP contribution in [0.2, 0.25) is 0 Å². The molecule has 0 radical (unpaired) electrons. The molecule has 0 saturated heterocycles. The molecule has 0 spiro atoms. The lowest BCUT2D eigenvalue weighted by atomic mass is 9.96. The summed E-state index contributed by atoms with van der Waals surface area (Å²) < 4.78 is 0. The fourth-order valence-electron chi connectivity index (χ4n) is 2.42. The molecule has 1 aromatic rings. The SMILES string of the molecule is CC(CN(C)c1ncnc2c1CCCC2)C(N)=S. The van der Waals surface area contributed by atoms with Crippen LogP contribution in [0.4, 0.5) is 5.82 Å². The fraction of sp³-hybridized carbons (Fsp3) is 0.615. The van der Waals surface area contributed by atoms with E-state index in [1.54, 1.807) is 6.33 Å². The number of nitrogens with two attached hydrogens (primary N) is 1. The molecule has 0 fully saturated rings. The van der Waals surface area contributed by atoms with Crippen LogP contribution in [0.3, 0.4) is 0 Å². The summed E-state index contributed by atoms with van der Waals surface area (Å²) in [6, 6.07) is 0. The second kappa shape index (κ2) is 5.61. The van der Waals surface area contributed by atoms with Crippen molar-refractivity contribution in [1.82, 2.24) is 9.97 Å². The Morgan fingerprint density at radius 2 is 2.17 bits per heavy atom. The number of nitrogens with zero attached hydrogens (tertiary/aromatic N) is 3. The first kappa shape index (κ1) is 13.2. The molecule has 5 heteroatoms. The van der Waals surface area contributed by atoms with E-state index in [1.807, 2.05) is 14.0 Å². The van der Waals surface area contributed by atoms with Crippen molar-refractivity contribution in [2.24, 2.45) is 11.7 Å². The van der Waals surface area contributed by atoms with Crippen LogP contribution >= 0.6 is 12.2 Å². The molecule has 1 unspecified atom stereocenters. The summed E-state index contributed by atoms with van der Waals surface area (Å²) in [4.78, 5) is 11.5. The molecule has 0 aliphatic heterocycles. The van der Waals surface area contributed by atoms with Gasteiger partial charge < -0.3 is 10.6 Å². The standard InChI is InChI=1S/C13H20N4S/c1-9(12(14)18)7-17(2)13-10-5-3-4-6-11(10)15-8-16-13/h8-9H,3-7H2,1-2H3,(H2,14,18). The molecule has 2 N–H and O–H groups in total. The first-order valence-electron chi connectivity index (χ1n) is 6.42. The van der Waals surface area contributed by atoms with E-state index < -0.39 is 0 Å². The minimum absolute atomic E-state index is 0.194. The highest BCUT2D eigenvalue weighted by Crippen LogP contribution is 2.26. The summed E-state index contributed by atoms with van der Waals surface area (Å²) in [6.45, 7) is 2.85. The van der Waals surface area contributed by atoms with Gasteiger partial charge in [0.05, 0.1) is 4.99 Å². The van der Waals surface area contributed by atoms with E-state index >= 15 is 0 Å². The molecule has 0 saturated carbocycles. The van der Waals surface area contributed by atoms with Gasteiger partial charge in [0, 0.05) is 30.8 Å². The Hall–Kier alpha value is -1.23. The summed E-state index contributed by atoms with van der Waals surface area (Å²) >= 11 is 5.03. The third-order valence-electron chi connectivity index (χ3n) is 3.50. The minimum atomic E-state index is 0.194. The maximum absolute atomic E-state index is 5.67. The fourth-order valence-corrected chi connectivity index (χ4v) is 2.49. The Kier molecular flexibility index (Phi) is 4.11. The van der Waals surface area contributed by atoms with E-state index in [1.165, 1.54) is 24.1 Å². The topological polar surface area (TPSA) is 55.0 Å². The van der Waals surface area contributed by atoms with Crippen molar-refractivity contribution in [3.63, 3.8) is 0 Å². The molecule has 1 aliphatic carbocycles. The van der Waals surface area contributed by atoms with Crippen molar-refractivity contribution < 1.29 is 0 Å². The van der Waals surface area contributed by atoms with Gasteiger partial charge >= 0.3 is 0 Å². The normalized spacial score (nSPS) is 15.9. The van der Waals surface area contributed by atoms with Gasteiger partial charge in [0.2, 0.25) is 0 Å². The van der Waals surface area contributed by atoms with Crippen LogP contribution in [0.5, 0.6) is 0 Å². The van der Waals surface area contributed by atoms with Gasteiger partial charge in [0.1, 0.15) is 12.1 Å². The monoisotopic (exact) mass is 264 g/mol. The van der Waals surface area contributed by atoms with Crippen molar-refractivity contribution in [1.29, 1.82) is 0 Å². The Morgan fingerprint density at radius 1 is 1.44 bits per heavy atom. The van der Waals surface area contributed by atoms with Crippen LogP contribution in [0, 0.1) is 5.92 Å². The molecule has 18 heavy (non-hydrogen) atoms. The number of aromatic nitrogens is 2. The number of rotatable bonds is 4. The second-order valence-corrected chi connectivity index (χ2v) is 5.48. The van der Waals surface area contributed by atoms with Gasteiger partial charge in [-0.05, 0) is 25.7 Å². The third kappa shape index (κ3) is 2.77. The van der Waals surface area contributed by atoms with Crippen LogP contribution in [0.25, 0.3) is 0 Å². The lowest BCUT2D eigenvalue weighted by Gasteiger charge is -2.26. The van der Waals surface area contributed by atoms with Crippen LogP contribution in [0.15, 0.2) is 6.33 Å². The van der Waals surface area contributed by atoms with Crippen LogP contribution in [-0.2, 0) is 12.8 Å². The molecule has 98 valence electrons. The molecular formula is C13H20N4S. The van der Waals surface area contributed by atoms with Crippen molar-refractivity contribution in [3.05, 3.63) is 17.6 Å². The van der Waals surface area contributed by atoms with Gasteiger partial charge in [0.25, 0.3) is 0 Å². The number of hydrogen-bond donors (Lipinski definition) is 1. The molecule has 1 atom stereocenters. The molecular weight excluding hydrogens is 244 g/mol. The van der Waals surface area contributed by atoms with E-state index in [4.69, 9.17) is 18.0 Å². The molecule has 1 aromatic heterocycles. The van der Waals surface area contributed by atoms with E-state index in [-0.39, 0.29) is 5.92 Å².